The average Bonchev–Trinajstić information content (AvgIpc) is 3.22. The number of imidazole rings is 1. The molecule has 0 amide bonds. The number of carboxylic acid groups (broad SMARTS) is 1. The number of aromatic nitrogens is 3. The van der Waals surface area contributed by atoms with Gasteiger partial charge in [-0.1, -0.05) is 19.8 Å². The summed E-state index contributed by atoms with van der Waals surface area (Å²) in [5.41, 5.74) is 3.95. The van der Waals surface area contributed by atoms with E-state index in [4.69, 9.17) is 4.98 Å². The minimum absolute atomic E-state index is 0.290. The second kappa shape index (κ2) is 6.59. The lowest BCUT2D eigenvalue weighted by Gasteiger charge is -2.31. The Morgan fingerprint density at radius 1 is 1.36 bits per heavy atom. The van der Waals surface area contributed by atoms with E-state index in [-0.39, 0.29) is 5.56 Å². The molecule has 6 heteroatoms. The predicted molar refractivity (Wildman–Crippen MR) is 98.3 cm³/mol. The van der Waals surface area contributed by atoms with E-state index in [9.17, 15) is 9.90 Å². The summed E-state index contributed by atoms with van der Waals surface area (Å²) in [6.07, 6.45) is 7.55. The van der Waals surface area contributed by atoms with Crippen molar-refractivity contribution in [1.29, 1.82) is 0 Å². The monoisotopic (exact) mass is 355 g/mol. The summed E-state index contributed by atoms with van der Waals surface area (Å²) in [6, 6.07) is 5.73. The topological polar surface area (TPSA) is 68.0 Å². The molecule has 2 heterocycles. The maximum atomic E-state index is 11.3. The third-order valence-electron chi connectivity index (χ3n) is 5.22. The number of carboxylic acids is 1. The van der Waals surface area contributed by atoms with Crippen LogP contribution in [0.2, 0.25) is 0 Å². The first-order valence-electron chi connectivity index (χ1n) is 8.75. The quantitative estimate of drug-likeness (QED) is 0.746. The fraction of sp³-hybridized carbons (Fsp3) is 0.421. The van der Waals surface area contributed by atoms with E-state index in [1.165, 1.54) is 24.1 Å². The van der Waals surface area contributed by atoms with Gasteiger partial charge in [-0.3, -0.25) is 4.98 Å². The molecule has 0 bridgehead atoms. The van der Waals surface area contributed by atoms with E-state index in [1.807, 2.05) is 17.8 Å². The molecule has 3 aromatic rings. The second-order valence-corrected chi connectivity index (χ2v) is 7.85. The van der Waals surface area contributed by atoms with E-state index in [0.29, 0.717) is 12.0 Å². The summed E-state index contributed by atoms with van der Waals surface area (Å²) < 4.78 is 2.37. The van der Waals surface area contributed by atoms with Crippen LogP contribution in [0.1, 0.15) is 59.7 Å². The summed E-state index contributed by atoms with van der Waals surface area (Å²) in [4.78, 5) is 21.5. The van der Waals surface area contributed by atoms with Crippen molar-refractivity contribution < 1.29 is 9.90 Å². The van der Waals surface area contributed by atoms with Crippen molar-refractivity contribution in [3.8, 4) is 0 Å². The fourth-order valence-corrected chi connectivity index (χ4v) is 4.53. The van der Waals surface area contributed by atoms with E-state index in [2.05, 4.69) is 16.5 Å². The summed E-state index contributed by atoms with van der Waals surface area (Å²) in [7, 11) is 0. The molecule has 0 radical (unpaired) electrons. The van der Waals surface area contributed by atoms with Gasteiger partial charge in [0.2, 0.25) is 0 Å². The second-order valence-electron chi connectivity index (χ2n) is 6.88. The molecule has 1 fully saturated rings. The zero-order valence-electron chi connectivity index (χ0n) is 14.2. The SMILES string of the molecule is C[C@@H]1CCCC[C@H]1n1c(Cc2cncs2)nc2cc(C(=O)O)ccc21. The molecule has 0 saturated heterocycles. The van der Waals surface area contributed by atoms with Gasteiger partial charge in [-0.2, -0.15) is 0 Å². The van der Waals surface area contributed by atoms with Gasteiger partial charge in [-0.25, -0.2) is 9.78 Å². The molecule has 1 aliphatic rings. The Bertz CT molecular complexity index is 901. The van der Waals surface area contributed by atoms with Crippen molar-refractivity contribution in [2.24, 2.45) is 5.92 Å². The van der Waals surface area contributed by atoms with Crippen molar-refractivity contribution in [3.63, 3.8) is 0 Å². The van der Waals surface area contributed by atoms with Gasteiger partial charge < -0.3 is 9.67 Å². The van der Waals surface area contributed by atoms with Crippen molar-refractivity contribution in [2.75, 3.05) is 0 Å². The van der Waals surface area contributed by atoms with Gasteiger partial charge in [0.1, 0.15) is 5.82 Å². The van der Waals surface area contributed by atoms with Crippen LogP contribution in [0, 0.1) is 5.92 Å². The molecule has 1 aliphatic carbocycles. The number of benzene rings is 1. The van der Waals surface area contributed by atoms with Gasteiger partial charge in [0.15, 0.2) is 0 Å². The Morgan fingerprint density at radius 2 is 2.20 bits per heavy atom. The number of thiazole rings is 1. The normalized spacial score (nSPS) is 20.8. The predicted octanol–water partition coefficient (Wildman–Crippen LogP) is 4.53. The molecule has 0 spiro atoms. The standard InChI is InChI=1S/C19H21N3O2S/c1-12-4-2-3-5-16(12)22-17-7-6-13(19(23)24)8-15(17)21-18(22)9-14-10-20-11-25-14/h6-8,10-12,16H,2-5,9H2,1H3,(H,23,24)/t12-,16-/m1/s1. The van der Waals surface area contributed by atoms with Gasteiger partial charge in [-0.15, -0.1) is 11.3 Å². The highest BCUT2D eigenvalue weighted by molar-refractivity contribution is 7.09. The van der Waals surface area contributed by atoms with E-state index >= 15 is 0 Å². The third kappa shape index (κ3) is 3.06. The molecule has 0 unspecified atom stereocenters. The van der Waals surface area contributed by atoms with Crippen LogP contribution in [-0.4, -0.2) is 25.6 Å². The van der Waals surface area contributed by atoms with Crippen molar-refractivity contribution in [3.05, 3.63) is 46.2 Å². The van der Waals surface area contributed by atoms with Crippen LogP contribution >= 0.6 is 11.3 Å². The number of nitrogens with zero attached hydrogens (tertiary/aromatic N) is 3. The molecule has 2 atom stereocenters. The molecule has 2 aromatic heterocycles. The minimum Gasteiger partial charge on any atom is -0.478 e. The van der Waals surface area contributed by atoms with Gasteiger partial charge in [0.05, 0.1) is 22.1 Å². The number of fused-ring (bicyclic) bond motifs is 1. The first-order valence-corrected chi connectivity index (χ1v) is 9.63. The summed E-state index contributed by atoms with van der Waals surface area (Å²) >= 11 is 1.63. The largest absolute Gasteiger partial charge is 0.478 e. The first kappa shape index (κ1) is 16.3. The van der Waals surface area contributed by atoms with E-state index in [0.717, 1.165) is 29.7 Å². The number of hydrogen-bond donors (Lipinski definition) is 1. The van der Waals surface area contributed by atoms with Crippen LogP contribution in [-0.2, 0) is 6.42 Å². The molecule has 5 nitrogen and oxygen atoms in total. The molecule has 4 rings (SSSR count). The van der Waals surface area contributed by atoms with Crippen LogP contribution in [0.5, 0.6) is 0 Å². The molecule has 0 aliphatic heterocycles. The maximum Gasteiger partial charge on any atom is 0.335 e. The van der Waals surface area contributed by atoms with Crippen LogP contribution in [0.15, 0.2) is 29.9 Å². The Labute approximate surface area is 150 Å². The molecular formula is C19H21N3O2S. The lowest BCUT2D eigenvalue weighted by Crippen LogP contribution is -2.22. The molecule has 1 saturated carbocycles. The highest BCUT2D eigenvalue weighted by atomic mass is 32.1. The van der Waals surface area contributed by atoms with Crippen molar-refractivity contribution in [1.82, 2.24) is 14.5 Å². The van der Waals surface area contributed by atoms with Gasteiger partial charge in [0.25, 0.3) is 0 Å². The molecule has 1 aromatic carbocycles. The Balaban J connectivity index is 1.85. The van der Waals surface area contributed by atoms with Crippen molar-refractivity contribution in [2.45, 2.75) is 45.1 Å². The molecule has 1 N–H and O–H groups in total. The zero-order chi connectivity index (χ0) is 17.4. The molecule has 25 heavy (non-hydrogen) atoms. The van der Waals surface area contributed by atoms with E-state index < -0.39 is 5.97 Å². The highest BCUT2D eigenvalue weighted by Crippen LogP contribution is 2.37. The lowest BCUT2D eigenvalue weighted by atomic mass is 9.85. The molecule has 130 valence electrons. The van der Waals surface area contributed by atoms with Crippen LogP contribution in [0.4, 0.5) is 0 Å². The summed E-state index contributed by atoms with van der Waals surface area (Å²) in [6.45, 7) is 2.32. The van der Waals surface area contributed by atoms with Crippen molar-refractivity contribution >= 4 is 28.3 Å². The maximum absolute atomic E-state index is 11.3. The Kier molecular flexibility index (Phi) is 4.29. The number of rotatable bonds is 4. The third-order valence-corrected chi connectivity index (χ3v) is 6.00. The summed E-state index contributed by atoms with van der Waals surface area (Å²) in [5, 5.41) is 9.28. The lowest BCUT2D eigenvalue weighted by molar-refractivity contribution is 0.0697. The Morgan fingerprint density at radius 3 is 2.92 bits per heavy atom. The molecular weight excluding hydrogens is 334 g/mol. The zero-order valence-corrected chi connectivity index (χ0v) is 15.0. The average molecular weight is 355 g/mol. The van der Waals surface area contributed by atoms with Gasteiger partial charge in [-0.05, 0) is 37.0 Å². The van der Waals surface area contributed by atoms with Crippen LogP contribution < -0.4 is 0 Å². The van der Waals surface area contributed by atoms with E-state index in [1.54, 1.807) is 23.5 Å². The smallest absolute Gasteiger partial charge is 0.335 e. The van der Waals surface area contributed by atoms with Crippen LogP contribution in [0.25, 0.3) is 11.0 Å². The van der Waals surface area contributed by atoms with Gasteiger partial charge >= 0.3 is 5.97 Å². The first-order chi connectivity index (χ1) is 12.1. The Hall–Kier alpha value is -2.21. The number of hydrogen-bond acceptors (Lipinski definition) is 4. The fourth-order valence-electron chi connectivity index (χ4n) is 3.94. The van der Waals surface area contributed by atoms with Crippen LogP contribution in [0.3, 0.4) is 0 Å². The number of aromatic carboxylic acids is 1. The number of carbonyl (C=O) groups is 1. The minimum atomic E-state index is -0.911. The van der Waals surface area contributed by atoms with Gasteiger partial charge in [0, 0.05) is 23.5 Å². The highest BCUT2D eigenvalue weighted by Gasteiger charge is 2.27. The summed E-state index contributed by atoms with van der Waals surface area (Å²) in [5.74, 6) is 0.706.